The van der Waals surface area contributed by atoms with Crippen LogP contribution in [0.15, 0.2) is 36.1 Å². The number of fused-ring (bicyclic) bond motifs is 1. The van der Waals surface area contributed by atoms with Gasteiger partial charge in [-0.1, -0.05) is 0 Å². The number of carboxylic acids is 2. The van der Waals surface area contributed by atoms with Crippen molar-refractivity contribution in [1.29, 1.82) is 0 Å². The van der Waals surface area contributed by atoms with Crippen LogP contribution in [0.2, 0.25) is 0 Å². The predicted octanol–water partition coefficient (Wildman–Crippen LogP) is 2.75. The van der Waals surface area contributed by atoms with Crippen LogP contribution in [0.3, 0.4) is 0 Å². The molecule has 0 aliphatic rings. The van der Waals surface area contributed by atoms with Gasteiger partial charge in [-0.3, -0.25) is 9.97 Å². The zero-order valence-electron chi connectivity index (χ0n) is 10.5. The second-order valence-electron chi connectivity index (χ2n) is 4.25. The molecule has 0 fully saturated rings. The number of hydrogen-bond donors (Lipinski definition) is 2. The van der Waals surface area contributed by atoms with Crippen LogP contribution in [0.4, 0.5) is 0 Å². The summed E-state index contributed by atoms with van der Waals surface area (Å²) in [6.07, 6.45) is 4.45. The quantitative estimate of drug-likeness (QED) is 0.771. The van der Waals surface area contributed by atoms with Gasteiger partial charge < -0.3 is 10.2 Å². The van der Waals surface area contributed by atoms with Crippen LogP contribution < -0.4 is 0 Å². The van der Waals surface area contributed by atoms with Crippen molar-refractivity contribution in [2.45, 2.75) is 0 Å². The van der Waals surface area contributed by atoms with E-state index in [1.165, 1.54) is 11.3 Å². The van der Waals surface area contributed by atoms with Crippen LogP contribution in [-0.4, -0.2) is 32.1 Å². The van der Waals surface area contributed by atoms with E-state index in [0.29, 0.717) is 5.56 Å². The number of rotatable bonds is 3. The third kappa shape index (κ3) is 2.23. The first-order valence-corrected chi connectivity index (χ1v) is 6.74. The predicted molar refractivity (Wildman–Crippen MR) is 76.8 cm³/mol. The monoisotopic (exact) mass is 300 g/mol. The molecule has 0 aliphatic carbocycles. The molecule has 2 N–H and O–H groups in total. The molecule has 3 aromatic rings. The summed E-state index contributed by atoms with van der Waals surface area (Å²) in [5, 5.41) is 20.8. The molecule has 0 spiro atoms. The second-order valence-corrected chi connectivity index (χ2v) is 5.16. The topological polar surface area (TPSA) is 100 Å². The van der Waals surface area contributed by atoms with Crippen molar-refractivity contribution in [3.05, 3.63) is 47.2 Å². The maximum absolute atomic E-state index is 11.4. The Kier molecular flexibility index (Phi) is 3.11. The van der Waals surface area contributed by atoms with E-state index in [2.05, 4.69) is 9.97 Å². The summed E-state index contributed by atoms with van der Waals surface area (Å²) in [5.41, 5.74) is 0.580. The lowest BCUT2D eigenvalue weighted by Gasteiger charge is -2.05. The maximum atomic E-state index is 11.4. The Balaban J connectivity index is 2.27. The Labute approximate surface area is 122 Å². The molecule has 3 rings (SSSR count). The number of aromatic carboxylic acids is 2. The average Bonchev–Trinajstić information content (AvgIpc) is 2.90. The average molecular weight is 300 g/mol. The lowest BCUT2D eigenvalue weighted by molar-refractivity contribution is 0.0696. The van der Waals surface area contributed by atoms with E-state index in [1.54, 1.807) is 17.8 Å². The molecule has 21 heavy (non-hydrogen) atoms. The highest BCUT2D eigenvalue weighted by atomic mass is 32.1. The Morgan fingerprint density at radius 1 is 1.14 bits per heavy atom. The van der Waals surface area contributed by atoms with Gasteiger partial charge in [0.2, 0.25) is 0 Å². The van der Waals surface area contributed by atoms with Crippen LogP contribution in [0.1, 0.15) is 20.7 Å². The molecular weight excluding hydrogens is 292 g/mol. The van der Waals surface area contributed by atoms with Crippen molar-refractivity contribution >= 4 is 33.4 Å². The van der Waals surface area contributed by atoms with Crippen molar-refractivity contribution < 1.29 is 19.8 Å². The molecular formula is C14H8N2O4S. The van der Waals surface area contributed by atoms with Crippen molar-refractivity contribution in [3.63, 3.8) is 0 Å². The van der Waals surface area contributed by atoms with Gasteiger partial charge in [0.1, 0.15) is 0 Å². The highest BCUT2D eigenvalue weighted by Gasteiger charge is 2.19. The highest BCUT2D eigenvalue weighted by Crippen LogP contribution is 2.34. The van der Waals surface area contributed by atoms with E-state index < -0.39 is 11.9 Å². The SMILES string of the molecule is O=C(O)c1cnc(-c2csc3ccncc23)c(C(=O)O)c1. The molecule has 0 amide bonds. The highest BCUT2D eigenvalue weighted by molar-refractivity contribution is 7.17. The molecule has 0 bridgehead atoms. The van der Waals surface area contributed by atoms with E-state index in [1.807, 2.05) is 6.07 Å². The fourth-order valence-electron chi connectivity index (χ4n) is 2.02. The van der Waals surface area contributed by atoms with Crippen LogP contribution in [0.25, 0.3) is 21.3 Å². The first kappa shape index (κ1) is 13.2. The Morgan fingerprint density at radius 3 is 2.67 bits per heavy atom. The van der Waals surface area contributed by atoms with Crippen LogP contribution in [0.5, 0.6) is 0 Å². The second kappa shape index (κ2) is 4.95. The van der Waals surface area contributed by atoms with E-state index in [4.69, 9.17) is 5.11 Å². The smallest absolute Gasteiger partial charge is 0.337 e. The number of thiophene rings is 1. The minimum atomic E-state index is -1.22. The molecule has 0 unspecified atom stereocenters. The minimum absolute atomic E-state index is 0.140. The van der Waals surface area contributed by atoms with Crippen molar-refractivity contribution in [2.75, 3.05) is 0 Å². The Bertz CT molecular complexity index is 872. The Morgan fingerprint density at radius 2 is 1.95 bits per heavy atom. The Hall–Kier alpha value is -2.80. The molecule has 0 radical (unpaired) electrons. The molecule has 0 saturated carbocycles. The van der Waals surface area contributed by atoms with Crippen LogP contribution in [-0.2, 0) is 0 Å². The molecule has 3 aromatic heterocycles. The van der Waals surface area contributed by atoms with Crippen molar-refractivity contribution in [2.24, 2.45) is 0 Å². The van der Waals surface area contributed by atoms with Crippen molar-refractivity contribution in [1.82, 2.24) is 9.97 Å². The van der Waals surface area contributed by atoms with Gasteiger partial charge in [0.15, 0.2) is 0 Å². The fourth-order valence-corrected chi connectivity index (χ4v) is 2.93. The number of aromatic nitrogens is 2. The number of carboxylic acid groups (broad SMARTS) is 2. The third-order valence-corrected chi connectivity index (χ3v) is 3.96. The summed E-state index contributed by atoms with van der Waals surface area (Å²) in [6, 6.07) is 2.95. The minimum Gasteiger partial charge on any atom is -0.478 e. The van der Waals surface area contributed by atoms with Gasteiger partial charge in [-0.2, -0.15) is 0 Å². The van der Waals surface area contributed by atoms with Gasteiger partial charge in [0.25, 0.3) is 0 Å². The van der Waals surface area contributed by atoms with Gasteiger partial charge in [0, 0.05) is 39.6 Å². The number of carbonyl (C=O) groups is 2. The number of nitrogens with zero attached hydrogens (tertiary/aromatic N) is 2. The first-order valence-electron chi connectivity index (χ1n) is 5.86. The lowest BCUT2D eigenvalue weighted by Crippen LogP contribution is -2.06. The van der Waals surface area contributed by atoms with Gasteiger partial charge in [-0.25, -0.2) is 9.59 Å². The van der Waals surface area contributed by atoms with E-state index >= 15 is 0 Å². The van der Waals surface area contributed by atoms with E-state index in [9.17, 15) is 14.7 Å². The fraction of sp³-hybridized carbons (Fsp3) is 0. The zero-order chi connectivity index (χ0) is 15.0. The van der Waals surface area contributed by atoms with Gasteiger partial charge in [-0.05, 0) is 12.1 Å². The summed E-state index contributed by atoms with van der Waals surface area (Å²) in [7, 11) is 0. The normalized spacial score (nSPS) is 10.7. The summed E-state index contributed by atoms with van der Waals surface area (Å²) in [5.74, 6) is -2.43. The first-order chi connectivity index (χ1) is 10.1. The van der Waals surface area contributed by atoms with Crippen LogP contribution >= 0.6 is 11.3 Å². The van der Waals surface area contributed by atoms with Crippen molar-refractivity contribution in [3.8, 4) is 11.3 Å². The van der Waals surface area contributed by atoms with E-state index in [-0.39, 0.29) is 16.8 Å². The number of hydrogen-bond acceptors (Lipinski definition) is 5. The molecule has 7 heteroatoms. The largest absolute Gasteiger partial charge is 0.478 e. The number of pyridine rings is 2. The summed E-state index contributed by atoms with van der Waals surface area (Å²) in [4.78, 5) is 30.4. The zero-order valence-corrected chi connectivity index (χ0v) is 11.3. The van der Waals surface area contributed by atoms with E-state index in [0.717, 1.165) is 22.3 Å². The molecule has 0 aliphatic heterocycles. The third-order valence-electron chi connectivity index (χ3n) is 3.00. The summed E-state index contributed by atoms with van der Waals surface area (Å²) < 4.78 is 0.959. The molecule has 6 nitrogen and oxygen atoms in total. The van der Waals surface area contributed by atoms with Gasteiger partial charge in [-0.15, -0.1) is 11.3 Å². The maximum Gasteiger partial charge on any atom is 0.337 e. The molecule has 104 valence electrons. The molecule has 0 atom stereocenters. The standard InChI is InChI=1S/C14H8N2O4S/c17-13(18)7-3-8(14(19)20)12(16-4-7)10-6-21-11-1-2-15-5-9(10)11/h1-6H,(H,17,18)(H,19,20). The summed E-state index contributed by atoms with van der Waals surface area (Å²) >= 11 is 1.45. The summed E-state index contributed by atoms with van der Waals surface area (Å²) in [6.45, 7) is 0. The van der Waals surface area contributed by atoms with Gasteiger partial charge >= 0.3 is 11.9 Å². The molecule has 0 saturated heterocycles. The lowest BCUT2D eigenvalue weighted by atomic mass is 10.0. The van der Waals surface area contributed by atoms with Crippen LogP contribution in [0, 0.1) is 0 Å². The van der Waals surface area contributed by atoms with Gasteiger partial charge in [0.05, 0.1) is 16.8 Å². The molecule has 0 aromatic carbocycles. The molecule has 3 heterocycles.